The van der Waals surface area contributed by atoms with E-state index in [0.717, 1.165) is 58.7 Å². The maximum absolute atomic E-state index is 6.52. The molecule has 1 fully saturated rings. The van der Waals surface area contributed by atoms with E-state index in [2.05, 4.69) is 44.5 Å². The van der Waals surface area contributed by atoms with E-state index >= 15 is 0 Å². The molecule has 0 unspecified atom stereocenters. The van der Waals surface area contributed by atoms with Gasteiger partial charge in [0.05, 0.1) is 5.69 Å². The highest BCUT2D eigenvalue weighted by Crippen LogP contribution is 2.34. The molecule has 0 saturated carbocycles. The molecule has 174 valence electrons. The Kier molecular flexibility index (Phi) is 8.92. The fraction of sp³-hybridized carbons (Fsp3) is 0.280. The number of hydrogen-bond acceptors (Lipinski definition) is 6. The number of halogens is 2. The van der Waals surface area contributed by atoms with Crippen LogP contribution in [0, 0.1) is 6.92 Å². The zero-order valence-corrected chi connectivity index (χ0v) is 20.9. The molecule has 33 heavy (non-hydrogen) atoms. The van der Waals surface area contributed by atoms with E-state index in [1.54, 1.807) is 11.3 Å². The van der Waals surface area contributed by atoms with Crippen molar-refractivity contribution in [2.75, 3.05) is 18.4 Å². The molecule has 0 bridgehead atoms. The van der Waals surface area contributed by atoms with Crippen LogP contribution in [0.15, 0.2) is 60.1 Å². The molecule has 5 nitrogen and oxygen atoms in total. The van der Waals surface area contributed by atoms with Gasteiger partial charge in [0.2, 0.25) is 0 Å². The summed E-state index contributed by atoms with van der Waals surface area (Å²) in [4.78, 5) is 11.7. The molecule has 3 heterocycles. The molecule has 1 saturated heterocycles. The zero-order chi connectivity index (χ0) is 21.0. The molecular formula is C25H28Cl2N4OS. The van der Waals surface area contributed by atoms with Crippen LogP contribution in [-0.2, 0) is 6.54 Å². The molecule has 2 aromatic carbocycles. The molecule has 0 atom stereocenters. The van der Waals surface area contributed by atoms with Crippen LogP contribution in [0.4, 0.5) is 10.9 Å². The largest absolute Gasteiger partial charge is 0.456 e. The predicted octanol–water partition coefficient (Wildman–Crippen LogP) is 7.37. The summed E-state index contributed by atoms with van der Waals surface area (Å²) in [5.74, 6) is 2.44. The SMILES string of the molecule is Cc1csc(Nc2cc(Oc3cccc4ccccc34)c(CN3CCCCC3)cn2)n1.Cl.Cl. The third kappa shape index (κ3) is 6.15. The van der Waals surface area contributed by atoms with Crippen LogP contribution in [0.5, 0.6) is 11.5 Å². The topological polar surface area (TPSA) is 50.3 Å². The Bertz CT molecular complexity index is 1190. The molecule has 5 rings (SSSR count). The molecule has 0 spiro atoms. The van der Waals surface area contributed by atoms with Gasteiger partial charge < -0.3 is 10.1 Å². The summed E-state index contributed by atoms with van der Waals surface area (Å²) in [6, 6.07) is 16.5. The Labute approximate surface area is 211 Å². The Hall–Kier alpha value is -2.38. The van der Waals surface area contributed by atoms with Gasteiger partial charge in [0.15, 0.2) is 5.13 Å². The number of pyridine rings is 1. The Balaban J connectivity index is 0.00000153. The molecule has 0 aliphatic carbocycles. The van der Waals surface area contributed by atoms with Crippen LogP contribution in [-0.4, -0.2) is 28.0 Å². The first-order valence-corrected chi connectivity index (χ1v) is 11.7. The van der Waals surface area contributed by atoms with E-state index in [4.69, 9.17) is 4.74 Å². The van der Waals surface area contributed by atoms with Gasteiger partial charge in [-0.15, -0.1) is 36.2 Å². The van der Waals surface area contributed by atoms with Crippen LogP contribution in [0.1, 0.15) is 30.5 Å². The molecule has 0 radical (unpaired) electrons. The summed E-state index contributed by atoms with van der Waals surface area (Å²) in [6.07, 6.45) is 5.79. The van der Waals surface area contributed by atoms with Gasteiger partial charge in [-0.2, -0.15) is 0 Å². The van der Waals surface area contributed by atoms with Gasteiger partial charge >= 0.3 is 0 Å². The van der Waals surface area contributed by atoms with E-state index in [-0.39, 0.29) is 24.8 Å². The lowest BCUT2D eigenvalue weighted by Crippen LogP contribution is -2.29. The summed E-state index contributed by atoms with van der Waals surface area (Å²) >= 11 is 1.58. The number of likely N-dealkylation sites (tertiary alicyclic amines) is 1. The van der Waals surface area contributed by atoms with Gasteiger partial charge in [0, 0.05) is 35.1 Å². The van der Waals surface area contributed by atoms with Crippen molar-refractivity contribution in [1.29, 1.82) is 0 Å². The third-order valence-corrected chi connectivity index (χ3v) is 6.49. The van der Waals surface area contributed by atoms with E-state index < -0.39 is 0 Å². The number of aryl methyl sites for hydroxylation is 1. The number of thiazole rings is 1. The Morgan fingerprint density at radius 1 is 1.00 bits per heavy atom. The van der Waals surface area contributed by atoms with Gasteiger partial charge in [0.1, 0.15) is 17.3 Å². The second-order valence-electron chi connectivity index (χ2n) is 8.01. The first-order valence-electron chi connectivity index (χ1n) is 10.8. The number of piperidine rings is 1. The average molecular weight is 503 g/mol. The molecule has 2 aromatic heterocycles. The molecule has 1 aliphatic rings. The number of fused-ring (bicyclic) bond motifs is 1. The lowest BCUT2D eigenvalue weighted by Gasteiger charge is -2.27. The first kappa shape index (κ1) is 25.2. The van der Waals surface area contributed by atoms with E-state index in [0.29, 0.717) is 0 Å². The van der Waals surface area contributed by atoms with Crippen LogP contribution in [0.2, 0.25) is 0 Å². The third-order valence-electron chi connectivity index (χ3n) is 5.61. The van der Waals surface area contributed by atoms with Crippen LogP contribution in [0.3, 0.4) is 0 Å². The van der Waals surface area contributed by atoms with Crippen molar-refractivity contribution in [2.24, 2.45) is 0 Å². The lowest BCUT2D eigenvalue weighted by molar-refractivity contribution is 0.218. The van der Waals surface area contributed by atoms with Crippen molar-refractivity contribution < 1.29 is 4.74 Å². The van der Waals surface area contributed by atoms with Crippen LogP contribution < -0.4 is 10.1 Å². The number of aromatic nitrogens is 2. The van der Waals surface area contributed by atoms with E-state index in [1.807, 2.05) is 42.8 Å². The summed E-state index contributed by atoms with van der Waals surface area (Å²) in [6.45, 7) is 5.10. The van der Waals surface area contributed by atoms with E-state index in [9.17, 15) is 0 Å². The van der Waals surface area contributed by atoms with E-state index in [1.165, 1.54) is 24.6 Å². The smallest absolute Gasteiger partial charge is 0.188 e. The van der Waals surface area contributed by atoms with Gasteiger partial charge in [-0.25, -0.2) is 9.97 Å². The van der Waals surface area contributed by atoms with Crippen molar-refractivity contribution in [3.8, 4) is 11.5 Å². The maximum Gasteiger partial charge on any atom is 0.188 e. The van der Waals surface area contributed by atoms with Crippen molar-refractivity contribution >= 4 is 57.9 Å². The number of benzene rings is 2. The molecule has 1 aliphatic heterocycles. The van der Waals surface area contributed by atoms with Crippen LogP contribution in [0.25, 0.3) is 10.8 Å². The quantitative estimate of drug-likeness (QED) is 0.298. The van der Waals surface area contributed by atoms with Gasteiger partial charge in [-0.05, 0) is 44.3 Å². The van der Waals surface area contributed by atoms with Gasteiger partial charge in [-0.3, -0.25) is 4.90 Å². The molecule has 1 N–H and O–H groups in total. The molecule has 0 amide bonds. The number of nitrogens with one attached hydrogen (secondary N) is 1. The minimum absolute atomic E-state index is 0. The standard InChI is InChI=1S/C25H26N4OS.2ClH/c1-18-17-31-25(27-18)28-24-14-23(20(15-26-24)16-29-12-5-2-6-13-29)30-22-11-7-9-19-8-3-4-10-21(19)22;;/h3-4,7-11,14-15,17H,2,5-6,12-13,16H2,1H3,(H,26,27,28);2*1H. The number of hydrogen-bond donors (Lipinski definition) is 1. The normalized spacial score (nSPS) is 13.7. The highest BCUT2D eigenvalue weighted by Gasteiger charge is 2.16. The number of ether oxygens (including phenoxy) is 1. The fourth-order valence-corrected chi connectivity index (χ4v) is 4.72. The van der Waals surface area contributed by atoms with Crippen molar-refractivity contribution in [2.45, 2.75) is 32.7 Å². The highest BCUT2D eigenvalue weighted by molar-refractivity contribution is 7.13. The van der Waals surface area contributed by atoms with Crippen molar-refractivity contribution in [3.63, 3.8) is 0 Å². The fourth-order valence-electron chi connectivity index (χ4n) is 4.03. The summed E-state index contributed by atoms with van der Waals surface area (Å²) in [5.41, 5.74) is 2.11. The predicted molar refractivity (Wildman–Crippen MR) is 142 cm³/mol. The minimum atomic E-state index is 0. The summed E-state index contributed by atoms with van der Waals surface area (Å²) in [7, 11) is 0. The second kappa shape index (κ2) is 11.7. The molecule has 8 heteroatoms. The lowest BCUT2D eigenvalue weighted by atomic mass is 10.1. The molecular weight excluding hydrogens is 475 g/mol. The van der Waals surface area contributed by atoms with Crippen LogP contribution >= 0.6 is 36.2 Å². The average Bonchev–Trinajstić information content (AvgIpc) is 3.21. The number of rotatable bonds is 6. The summed E-state index contributed by atoms with van der Waals surface area (Å²) < 4.78 is 6.52. The number of nitrogens with zero attached hydrogens (tertiary/aromatic N) is 3. The second-order valence-corrected chi connectivity index (χ2v) is 8.87. The van der Waals surface area contributed by atoms with Crippen molar-refractivity contribution in [1.82, 2.24) is 14.9 Å². The summed E-state index contributed by atoms with van der Waals surface area (Å²) in [5, 5.41) is 8.46. The molecule has 4 aromatic rings. The highest BCUT2D eigenvalue weighted by atomic mass is 35.5. The van der Waals surface area contributed by atoms with Crippen molar-refractivity contribution in [3.05, 3.63) is 71.4 Å². The minimum Gasteiger partial charge on any atom is -0.456 e. The number of anilines is 2. The first-order chi connectivity index (χ1) is 15.2. The Morgan fingerprint density at radius 2 is 1.79 bits per heavy atom. The Morgan fingerprint density at radius 3 is 2.58 bits per heavy atom. The maximum atomic E-state index is 6.52. The zero-order valence-electron chi connectivity index (χ0n) is 18.5. The van der Waals surface area contributed by atoms with Gasteiger partial charge in [-0.1, -0.05) is 42.8 Å². The monoisotopic (exact) mass is 502 g/mol. The van der Waals surface area contributed by atoms with Gasteiger partial charge in [0.25, 0.3) is 0 Å².